The maximum atomic E-state index is 12.3. The van der Waals surface area contributed by atoms with Crippen molar-refractivity contribution in [2.45, 2.75) is 12.1 Å². The third-order valence-corrected chi connectivity index (χ3v) is 4.11. The molecule has 1 aliphatic rings. The highest BCUT2D eigenvalue weighted by Gasteiger charge is 2.47. The highest BCUT2D eigenvalue weighted by molar-refractivity contribution is 6.07. The van der Waals surface area contributed by atoms with Crippen LogP contribution in [0.15, 0.2) is 24.4 Å². The van der Waals surface area contributed by atoms with Gasteiger partial charge in [-0.25, -0.2) is 4.79 Å². The number of aromatic hydroxyl groups is 1. The average molecular weight is 332 g/mol. The van der Waals surface area contributed by atoms with E-state index in [1.807, 2.05) is 19.0 Å². The third kappa shape index (κ3) is 2.65. The van der Waals surface area contributed by atoms with E-state index < -0.39 is 17.5 Å². The van der Waals surface area contributed by atoms with E-state index in [1.165, 1.54) is 0 Å². The molecule has 3 rings (SSSR count). The van der Waals surface area contributed by atoms with E-state index in [0.29, 0.717) is 17.7 Å². The Kier molecular flexibility index (Phi) is 3.84. The van der Waals surface area contributed by atoms with Crippen molar-refractivity contribution in [3.63, 3.8) is 0 Å². The van der Waals surface area contributed by atoms with Gasteiger partial charge in [0.2, 0.25) is 0 Å². The number of imide groups is 1. The number of amides is 3. The number of methoxy groups -OCH3 is 1. The summed E-state index contributed by atoms with van der Waals surface area (Å²) in [4.78, 5) is 25.8. The molecule has 8 nitrogen and oxygen atoms in total. The van der Waals surface area contributed by atoms with Crippen LogP contribution in [0, 0.1) is 0 Å². The molecule has 0 bridgehead atoms. The zero-order valence-corrected chi connectivity index (χ0v) is 13.8. The van der Waals surface area contributed by atoms with Crippen LogP contribution >= 0.6 is 0 Å². The molecule has 3 amide bonds. The number of aromatic nitrogens is 1. The smallest absolute Gasteiger partial charge is 0.322 e. The quantitative estimate of drug-likeness (QED) is 0.693. The molecule has 8 heteroatoms. The van der Waals surface area contributed by atoms with Gasteiger partial charge in [0.1, 0.15) is 5.75 Å². The van der Waals surface area contributed by atoms with E-state index in [1.54, 1.807) is 36.1 Å². The SMILES string of the molecule is COc1ccc2c(O)n(CC3(CN(C)C)NC(=O)NC3=O)cc2c1. The van der Waals surface area contributed by atoms with Crippen LogP contribution in [0.1, 0.15) is 0 Å². The summed E-state index contributed by atoms with van der Waals surface area (Å²) >= 11 is 0. The topological polar surface area (TPSA) is 95.8 Å². The first kappa shape index (κ1) is 16.1. The third-order valence-electron chi connectivity index (χ3n) is 4.11. The van der Waals surface area contributed by atoms with Gasteiger partial charge in [0, 0.05) is 23.5 Å². The van der Waals surface area contributed by atoms with Gasteiger partial charge in [0.25, 0.3) is 5.91 Å². The highest BCUT2D eigenvalue weighted by atomic mass is 16.5. The predicted octanol–water partition coefficient (Wildman–Crippen LogP) is 0.495. The van der Waals surface area contributed by atoms with E-state index in [2.05, 4.69) is 10.6 Å². The van der Waals surface area contributed by atoms with Crippen molar-refractivity contribution >= 4 is 22.7 Å². The molecule has 0 aliphatic carbocycles. The van der Waals surface area contributed by atoms with Gasteiger partial charge in [-0.2, -0.15) is 0 Å². The molecule has 3 N–H and O–H groups in total. The fourth-order valence-electron chi connectivity index (χ4n) is 3.11. The van der Waals surface area contributed by atoms with Crippen molar-refractivity contribution in [1.82, 2.24) is 20.1 Å². The van der Waals surface area contributed by atoms with Crippen molar-refractivity contribution in [1.29, 1.82) is 0 Å². The van der Waals surface area contributed by atoms with Crippen LogP contribution in [0.3, 0.4) is 0 Å². The number of hydrogen-bond acceptors (Lipinski definition) is 5. The second kappa shape index (κ2) is 5.72. The van der Waals surface area contributed by atoms with E-state index in [9.17, 15) is 14.7 Å². The Morgan fingerprint density at radius 2 is 2.08 bits per heavy atom. The molecule has 128 valence electrons. The van der Waals surface area contributed by atoms with Gasteiger partial charge >= 0.3 is 6.03 Å². The van der Waals surface area contributed by atoms with Gasteiger partial charge in [0.05, 0.1) is 13.7 Å². The second-order valence-corrected chi connectivity index (χ2v) is 6.26. The molecule has 1 fully saturated rings. The molecule has 1 aliphatic heterocycles. The number of hydrogen-bond donors (Lipinski definition) is 3. The van der Waals surface area contributed by atoms with Gasteiger partial charge in [-0.1, -0.05) is 0 Å². The summed E-state index contributed by atoms with van der Waals surface area (Å²) in [7, 11) is 5.20. The number of nitrogens with zero attached hydrogens (tertiary/aromatic N) is 2. The molecule has 2 heterocycles. The Bertz CT molecular complexity index is 814. The van der Waals surface area contributed by atoms with E-state index >= 15 is 0 Å². The molecule has 0 saturated carbocycles. The molecular weight excluding hydrogens is 312 g/mol. The molecule has 1 atom stereocenters. The number of nitrogens with one attached hydrogen (secondary N) is 2. The van der Waals surface area contributed by atoms with Gasteiger partial charge in [-0.05, 0) is 32.3 Å². The fourth-order valence-corrected chi connectivity index (χ4v) is 3.11. The normalized spacial score (nSPS) is 20.5. The lowest BCUT2D eigenvalue weighted by Crippen LogP contribution is -2.56. The second-order valence-electron chi connectivity index (χ2n) is 6.26. The number of urea groups is 1. The maximum absolute atomic E-state index is 12.3. The van der Waals surface area contributed by atoms with Crippen molar-refractivity contribution < 1.29 is 19.4 Å². The Balaban J connectivity index is 2.01. The molecule has 1 aromatic carbocycles. The first-order chi connectivity index (χ1) is 11.3. The summed E-state index contributed by atoms with van der Waals surface area (Å²) in [5.74, 6) is 0.310. The molecule has 1 aromatic heterocycles. The Morgan fingerprint density at radius 3 is 2.67 bits per heavy atom. The zero-order chi connectivity index (χ0) is 17.5. The van der Waals surface area contributed by atoms with Gasteiger partial charge in [0.15, 0.2) is 11.4 Å². The maximum Gasteiger partial charge on any atom is 0.322 e. The lowest BCUT2D eigenvalue weighted by molar-refractivity contribution is -0.125. The van der Waals surface area contributed by atoms with Crippen molar-refractivity contribution in [2.24, 2.45) is 0 Å². The Morgan fingerprint density at radius 1 is 1.33 bits per heavy atom. The largest absolute Gasteiger partial charge is 0.497 e. The van der Waals surface area contributed by atoms with Crippen molar-refractivity contribution in [3.8, 4) is 11.6 Å². The molecule has 0 spiro atoms. The van der Waals surface area contributed by atoms with Crippen LogP contribution in [-0.2, 0) is 11.3 Å². The fraction of sp³-hybridized carbons (Fsp3) is 0.375. The number of carbonyl (C=O) groups excluding carboxylic acids is 2. The first-order valence-electron chi connectivity index (χ1n) is 7.49. The average Bonchev–Trinajstić information content (AvgIpc) is 2.95. The monoisotopic (exact) mass is 332 g/mol. The summed E-state index contributed by atoms with van der Waals surface area (Å²) in [5.41, 5.74) is -1.14. The van der Waals surface area contributed by atoms with Crippen LogP contribution in [0.5, 0.6) is 11.6 Å². The predicted molar refractivity (Wildman–Crippen MR) is 88.1 cm³/mol. The van der Waals surface area contributed by atoms with Crippen LogP contribution in [-0.4, -0.2) is 59.8 Å². The lowest BCUT2D eigenvalue weighted by Gasteiger charge is -2.29. The molecule has 1 saturated heterocycles. The summed E-state index contributed by atoms with van der Waals surface area (Å²) in [6.45, 7) is 0.424. The zero-order valence-electron chi connectivity index (χ0n) is 13.8. The van der Waals surface area contributed by atoms with Crippen LogP contribution in [0.4, 0.5) is 4.79 Å². The van der Waals surface area contributed by atoms with Crippen molar-refractivity contribution in [2.75, 3.05) is 27.7 Å². The molecule has 24 heavy (non-hydrogen) atoms. The van der Waals surface area contributed by atoms with Gasteiger partial charge in [-0.3, -0.25) is 10.1 Å². The van der Waals surface area contributed by atoms with E-state index in [0.717, 1.165) is 5.39 Å². The Labute approximate surface area is 139 Å². The minimum atomic E-state index is -1.14. The van der Waals surface area contributed by atoms with Crippen molar-refractivity contribution in [3.05, 3.63) is 24.4 Å². The number of rotatable bonds is 5. The van der Waals surface area contributed by atoms with Crippen LogP contribution < -0.4 is 15.4 Å². The standard InChI is InChI=1S/C16H20N4O4/c1-19(2)8-16(14(22)17-15(23)18-16)9-20-7-10-6-11(24-3)4-5-12(10)13(20)21/h4-7,21H,8-9H2,1-3H3,(H2,17,18,22,23). The van der Waals surface area contributed by atoms with E-state index in [4.69, 9.17) is 4.74 Å². The number of fused-ring (bicyclic) bond motifs is 1. The minimum absolute atomic E-state index is 0.0414. The summed E-state index contributed by atoms with van der Waals surface area (Å²) in [5, 5.41) is 16.9. The molecular formula is C16H20N4O4. The summed E-state index contributed by atoms with van der Waals surface area (Å²) < 4.78 is 6.76. The number of carbonyl (C=O) groups is 2. The molecule has 2 aromatic rings. The number of benzene rings is 1. The van der Waals surface area contributed by atoms with Crippen LogP contribution in [0.2, 0.25) is 0 Å². The number of likely N-dealkylation sites (N-methyl/N-ethyl adjacent to an activating group) is 1. The van der Waals surface area contributed by atoms with E-state index in [-0.39, 0.29) is 12.4 Å². The minimum Gasteiger partial charge on any atom is -0.497 e. The Hall–Kier alpha value is -2.74. The highest BCUT2D eigenvalue weighted by Crippen LogP contribution is 2.31. The molecule has 0 radical (unpaired) electrons. The molecule has 1 unspecified atom stereocenters. The first-order valence-corrected chi connectivity index (χ1v) is 7.49. The lowest BCUT2D eigenvalue weighted by atomic mass is 9.99. The number of ether oxygens (including phenoxy) is 1. The van der Waals surface area contributed by atoms with Gasteiger partial charge < -0.3 is 24.6 Å². The van der Waals surface area contributed by atoms with Crippen LogP contribution in [0.25, 0.3) is 10.8 Å². The van der Waals surface area contributed by atoms with Gasteiger partial charge in [-0.15, -0.1) is 0 Å². The summed E-state index contributed by atoms with van der Waals surface area (Å²) in [6, 6.07) is 4.79. The summed E-state index contributed by atoms with van der Waals surface area (Å²) in [6.07, 6.45) is 1.74.